The average Bonchev–Trinajstić information content (AvgIpc) is 2.86. The molecule has 0 bridgehead atoms. The van der Waals surface area contributed by atoms with Crippen molar-refractivity contribution in [1.82, 2.24) is 4.98 Å². The van der Waals surface area contributed by atoms with Crippen LogP contribution in [-0.2, 0) is 9.47 Å². The molecule has 0 aliphatic carbocycles. The summed E-state index contributed by atoms with van der Waals surface area (Å²) in [5, 5.41) is 2.90. The molecule has 0 fully saturated rings. The maximum Gasteiger partial charge on any atom is 0.340 e. The maximum absolute atomic E-state index is 12.6. The van der Waals surface area contributed by atoms with Crippen LogP contribution < -0.4 is 5.32 Å². The van der Waals surface area contributed by atoms with Crippen LogP contribution in [0.3, 0.4) is 0 Å². The van der Waals surface area contributed by atoms with Gasteiger partial charge in [0.15, 0.2) is 0 Å². The van der Waals surface area contributed by atoms with Crippen molar-refractivity contribution in [1.29, 1.82) is 0 Å². The fourth-order valence-electron chi connectivity index (χ4n) is 2.63. The van der Waals surface area contributed by atoms with Gasteiger partial charge in [-0.2, -0.15) is 0 Å². The van der Waals surface area contributed by atoms with Crippen molar-refractivity contribution in [3.8, 4) is 0 Å². The SMILES string of the molecule is COCCOC(=O)c1c(C)[nH]c(C(=O)Nc2cc(C)ccc2C)c1C. The number of benzene rings is 1. The van der Waals surface area contributed by atoms with Crippen LogP contribution in [0, 0.1) is 27.7 Å². The predicted molar refractivity (Wildman–Crippen MR) is 96.3 cm³/mol. The third-order valence-electron chi connectivity index (χ3n) is 4.03. The fourth-order valence-corrected chi connectivity index (χ4v) is 2.63. The number of aromatic amines is 1. The second kappa shape index (κ2) is 7.98. The zero-order valence-corrected chi connectivity index (χ0v) is 15.3. The number of methoxy groups -OCH3 is 1. The zero-order valence-electron chi connectivity index (χ0n) is 15.3. The van der Waals surface area contributed by atoms with Crippen molar-refractivity contribution in [2.24, 2.45) is 0 Å². The lowest BCUT2D eigenvalue weighted by molar-refractivity contribution is 0.0387. The third kappa shape index (κ3) is 4.28. The van der Waals surface area contributed by atoms with Gasteiger partial charge in [-0.3, -0.25) is 4.79 Å². The zero-order chi connectivity index (χ0) is 18.6. The van der Waals surface area contributed by atoms with Crippen LogP contribution in [0.4, 0.5) is 5.69 Å². The summed E-state index contributed by atoms with van der Waals surface area (Å²) in [5.41, 5.74) is 4.70. The summed E-state index contributed by atoms with van der Waals surface area (Å²) < 4.78 is 10.0. The number of H-pyrrole nitrogens is 1. The molecular formula is C19H24N2O4. The van der Waals surface area contributed by atoms with Crippen LogP contribution in [0.5, 0.6) is 0 Å². The second-order valence-electron chi connectivity index (χ2n) is 6.03. The summed E-state index contributed by atoms with van der Waals surface area (Å²) in [6, 6.07) is 5.86. The Morgan fingerprint density at radius 3 is 2.52 bits per heavy atom. The van der Waals surface area contributed by atoms with Crippen LogP contribution in [0.2, 0.25) is 0 Å². The fraction of sp³-hybridized carbons (Fsp3) is 0.368. The van der Waals surface area contributed by atoms with Crippen LogP contribution in [0.25, 0.3) is 0 Å². The molecule has 2 rings (SSSR count). The number of nitrogens with one attached hydrogen (secondary N) is 2. The van der Waals surface area contributed by atoms with E-state index in [2.05, 4.69) is 10.3 Å². The Bertz CT molecular complexity index is 793. The molecule has 0 spiro atoms. The largest absolute Gasteiger partial charge is 0.460 e. The number of anilines is 1. The van der Waals surface area contributed by atoms with Gasteiger partial charge >= 0.3 is 5.97 Å². The number of hydrogen-bond acceptors (Lipinski definition) is 4. The molecule has 1 heterocycles. The Morgan fingerprint density at radius 2 is 1.84 bits per heavy atom. The molecule has 0 atom stereocenters. The van der Waals surface area contributed by atoms with E-state index in [1.54, 1.807) is 13.8 Å². The lowest BCUT2D eigenvalue weighted by Gasteiger charge is -2.09. The molecule has 0 aliphatic heterocycles. The molecule has 1 aromatic carbocycles. The van der Waals surface area contributed by atoms with Gasteiger partial charge in [0.2, 0.25) is 0 Å². The molecule has 0 unspecified atom stereocenters. The molecule has 0 saturated heterocycles. The molecule has 2 aromatic rings. The van der Waals surface area contributed by atoms with Crippen molar-refractivity contribution in [2.45, 2.75) is 27.7 Å². The smallest absolute Gasteiger partial charge is 0.340 e. The lowest BCUT2D eigenvalue weighted by Crippen LogP contribution is -2.15. The van der Waals surface area contributed by atoms with Gasteiger partial charge in [0.05, 0.1) is 12.2 Å². The number of esters is 1. The van der Waals surface area contributed by atoms with Gasteiger partial charge < -0.3 is 19.8 Å². The van der Waals surface area contributed by atoms with Gasteiger partial charge in [0.1, 0.15) is 12.3 Å². The number of aromatic nitrogens is 1. The highest BCUT2D eigenvalue weighted by Gasteiger charge is 2.23. The van der Waals surface area contributed by atoms with E-state index in [4.69, 9.17) is 9.47 Å². The van der Waals surface area contributed by atoms with Crippen molar-refractivity contribution in [2.75, 3.05) is 25.6 Å². The molecule has 1 aromatic heterocycles. The number of ether oxygens (including phenoxy) is 2. The first kappa shape index (κ1) is 18.7. The molecule has 1 amide bonds. The van der Waals surface area contributed by atoms with Gasteiger partial charge in [-0.05, 0) is 50.5 Å². The van der Waals surface area contributed by atoms with Crippen LogP contribution in [0.15, 0.2) is 18.2 Å². The number of hydrogen-bond donors (Lipinski definition) is 2. The highest BCUT2D eigenvalue weighted by atomic mass is 16.6. The number of aryl methyl sites for hydroxylation is 3. The van der Waals surface area contributed by atoms with Crippen LogP contribution >= 0.6 is 0 Å². The molecule has 0 saturated carbocycles. The van der Waals surface area contributed by atoms with Crippen LogP contribution in [0.1, 0.15) is 43.2 Å². The Kier molecular flexibility index (Phi) is 5.98. The van der Waals surface area contributed by atoms with E-state index >= 15 is 0 Å². The standard InChI is InChI=1S/C19H24N2O4/c1-11-6-7-12(2)15(10-11)21-18(22)17-13(3)16(14(4)20-17)19(23)25-9-8-24-5/h6-7,10,20H,8-9H2,1-5H3,(H,21,22). The molecule has 6 nitrogen and oxygen atoms in total. The first-order valence-electron chi connectivity index (χ1n) is 8.09. The Balaban J connectivity index is 2.22. The average molecular weight is 344 g/mol. The summed E-state index contributed by atoms with van der Waals surface area (Å²) in [6.07, 6.45) is 0. The summed E-state index contributed by atoms with van der Waals surface area (Å²) in [4.78, 5) is 27.9. The van der Waals surface area contributed by atoms with E-state index in [0.717, 1.165) is 16.8 Å². The molecule has 0 aliphatic rings. The first-order chi connectivity index (χ1) is 11.8. The topological polar surface area (TPSA) is 80.4 Å². The van der Waals surface area contributed by atoms with Crippen molar-refractivity contribution in [3.63, 3.8) is 0 Å². The summed E-state index contributed by atoms with van der Waals surface area (Å²) in [7, 11) is 1.54. The van der Waals surface area contributed by atoms with E-state index < -0.39 is 5.97 Å². The number of amides is 1. The van der Waals surface area contributed by atoms with Crippen LogP contribution in [-0.4, -0.2) is 37.2 Å². The molecule has 0 radical (unpaired) electrons. The summed E-state index contributed by atoms with van der Waals surface area (Å²) >= 11 is 0. The number of carbonyl (C=O) groups is 2. The first-order valence-corrected chi connectivity index (χ1v) is 8.09. The third-order valence-corrected chi connectivity index (χ3v) is 4.03. The number of carbonyl (C=O) groups excluding carboxylic acids is 2. The minimum absolute atomic E-state index is 0.170. The minimum atomic E-state index is -0.464. The predicted octanol–water partition coefficient (Wildman–Crippen LogP) is 3.30. The minimum Gasteiger partial charge on any atom is -0.460 e. The van der Waals surface area contributed by atoms with Gasteiger partial charge in [0, 0.05) is 18.5 Å². The summed E-state index contributed by atoms with van der Waals surface area (Å²) in [6.45, 7) is 7.87. The normalized spacial score (nSPS) is 10.6. The van der Waals surface area contributed by atoms with Crippen molar-refractivity contribution < 1.29 is 19.1 Å². The van der Waals surface area contributed by atoms with E-state index in [1.807, 2.05) is 32.0 Å². The van der Waals surface area contributed by atoms with Gasteiger partial charge in [-0.25, -0.2) is 4.79 Å². The molecular weight excluding hydrogens is 320 g/mol. The maximum atomic E-state index is 12.6. The highest BCUT2D eigenvalue weighted by molar-refractivity contribution is 6.07. The van der Waals surface area contributed by atoms with Gasteiger partial charge in [0.25, 0.3) is 5.91 Å². The van der Waals surface area contributed by atoms with E-state index in [0.29, 0.717) is 29.1 Å². The Labute approximate surface area is 147 Å². The van der Waals surface area contributed by atoms with Crippen molar-refractivity contribution >= 4 is 17.6 Å². The summed E-state index contributed by atoms with van der Waals surface area (Å²) in [5.74, 6) is -0.751. The van der Waals surface area contributed by atoms with E-state index in [1.165, 1.54) is 7.11 Å². The molecule has 25 heavy (non-hydrogen) atoms. The van der Waals surface area contributed by atoms with Gasteiger partial charge in [-0.15, -0.1) is 0 Å². The monoisotopic (exact) mass is 344 g/mol. The molecule has 6 heteroatoms. The second-order valence-corrected chi connectivity index (χ2v) is 6.03. The molecule has 2 N–H and O–H groups in total. The number of rotatable bonds is 6. The van der Waals surface area contributed by atoms with E-state index in [-0.39, 0.29) is 12.5 Å². The Hall–Kier alpha value is -2.60. The highest BCUT2D eigenvalue weighted by Crippen LogP contribution is 2.22. The van der Waals surface area contributed by atoms with E-state index in [9.17, 15) is 9.59 Å². The Morgan fingerprint density at radius 1 is 1.12 bits per heavy atom. The quantitative estimate of drug-likeness (QED) is 0.622. The van der Waals surface area contributed by atoms with Crippen molar-refractivity contribution in [3.05, 3.63) is 51.8 Å². The lowest BCUT2D eigenvalue weighted by atomic mass is 10.1. The van der Waals surface area contributed by atoms with Gasteiger partial charge in [-0.1, -0.05) is 12.1 Å². The molecule has 134 valence electrons.